The molecule has 23 heavy (non-hydrogen) atoms. The summed E-state index contributed by atoms with van der Waals surface area (Å²) in [5, 5.41) is 2.77. The van der Waals surface area contributed by atoms with Gasteiger partial charge in [-0.05, 0) is 32.6 Å². The van der Waals surface area contributed by atoms with E-state index in [4.69, 9.17) is 4.74 Å². The predicted octanol–water partition coefficient (Wildman–Crippen LogP) is 0.752. The van der Waals surface area contributed by atoms with E-state index in [1.54, 1.807) is 6.92 Å². The molecule has 134 valence electrons. The van der Waals surface area contributed by atoms with Gasteiger partial charge in [0.2, 0.25) is 10.0 Å². The average molecular weight is 348 g/mol. The summed E-state index contributed by atoms with van der Waals surface area (Å²) >= 11 is 0. The molecule has 0 bridgehead atoms. The molecule has 1 saturated heterocycles. The van der Waals surface area contributed by atoms with Crippen LogP contribution in [0.2, 0.25) is 0 Å². The van der Waals surface area contributed by atoms with Crippen LogP contribution in [0, 0.1) is 11.8 Å². The Hall–Kier alpha value is -1.15. The van der Waals surface area contributed by atoms with E-state index >= 15 is 0 Å². The lowest BCUT2D eigenvalue weighted by Crippen LogP contribution is -2.42. The Balaban J connectivity index is 2.36. The minimum Gasteiger partial charge on any atom is -0.455 e. The number of ether oxygens (including phenoxy) is 1. The molecule has 0 aromatic carbocycles. The largest absolute Gasteiger partial charge is 0.455 e. The maximum Gasteiger partial charge on any atom is 0.309 e. The van der Waals surface area contributed by atoms with Crippen LogP contribution in [-0.4, -0.2) is 56.1 Å². The number of nitrogens with one attached hydrogen (secondary N) is 1. The minimum absolute atomic E-state index is 0.0173. The Morgan fingerprint density at radius 3 is 2.26 bits per heavy atom. The van der Waals surface area contributed by atoms with Crippen molar-refractivity contribution < 1.29 is 22.7 Å². The average Bonchev–Trinajstić information content (AvgIpc) is 2.52. The summed E-state index contributed by atoms with van der Waals surface area (Å²) in [5.74, 6) is -0.708. The molecule has 8 heteroatoms. The van der Waals surface area contributed by atoms with E-state index in [0.717, 1.165) is 0 Å². The van der Waals surface area contributed by atoms with Crippen molar-refractivity contribution in [3.8, 4) is 0 Å². The number of rotatable bonds is 7. The molecule has 1 aliphatic heterocycles. The van der Waals surface area contributed by atoms with Crippen LogP contribution in [0.25, 0.3) is 0 Å². The lowest BCUT2D eigenvalue weighted by atomic mass is 9.98. The first-order chi connectivity index (χ1) is 10.7. The molecule has 1 aliphatic rings. The highest BCUT2D eigenvalue weighted by Gasteiger charge is 2.31. The van der Waals surface area contributed by atoms with Gasteiger partial charge in [-0.25, -0.2) is 12.7 Å². The Kier molecular flexibility index (Phi) is 7.47. The summed E-state index contributed by atoms with van der Waals surface area (Å²) in [6, 6.07) is 0.0173. The molecule has 1 amide bonds. The molecule has 1 fully saturated rings. The predicted molar refractivity (Wildman–Crippen MR) is 87.2 cm³/mol. The van der Waals surface area contributed by atoms with Crippen molar-refractivity contribution in [1.29, 1.82) is 0 Å². The van der Waals surface area contributed by atoms with Gasteiger partial charge < -0.3 is 10.1 Å². The summed E-state index contributed by atoms with van der Waals surface area (Å²) < 4.78 is 30.0. The fourth-order valence-electron chi connectivity index (χ4n) is 2.27. The quantitative estimate of drug-likeness (QED) is 0.686. The fourth-order valence-corrected chi connectivity index (χ4v) is 3.40. The van der Waals surface area contributed by atoms with Crippen molar-refractivity contribution in [3.63, 3.8) is 0 Å². The lowest BCUT2D eigenvalue weighted by Gasteiger charge is -2.29. The third-order valence-electron chi connectivity index (χ3n) is 4.28. The topological polar surface area (TPSA) is 92.8 Å². The molecule has 0 aromatic rings. The summed E-state index contributed by atoms with van der Waals surface area (Å²) in [7, 11) is -3.20. The van der Waals surface area contributed by atoms with Crippen molar-refractivity contribution in [2.24, 2.45) is 11.8 Å². The van der Waals surface area contributed by atoms with E-state index in [-0.39, 0.29) is 30.2 Å². The molecule has 0 radical (unpaired) electrons. The van der Waals surface area contributed by atoms with Gasteiger partial charge in [0.05, 0.1) is 11.7 Å². The Morgan fingerprint density at radius 2 is 1.78 bits per heavy atom. The number of sulfonamides is 1. The number of amides is 1. The van der Waals surface area contributed by atoms with Crippen molar-refractivity contribution in [2.45, 2.75) is 46.6 Å². The molecule has 0 aromatic heterocycles. The monoisotopic (exact) mass is 348 g/mol. The van der Waals surface area contributed by atoms with Crippen LogP contribution >= 0.6 is 0 Å². The molecule has 0 saturated carbocycles. The first-order valence-corrected chi connectivity index (χ1v) is 9.72. The van der Waals surface area contributed by atoms with Gasteiger partial charge in [0.1, 0.15) is 0 Å². The standard InChI is InChI=1S/C15H28N2O5S/c1-5-23(20,21)17-8-6-13(7-9-17)15(19)22-10-14(18)16-12(4)11(2)3/h11-13H,5-10H2,1-4H3,(H,16,18). The second kappa shape index (κ2) is 8.63. The van der Waals surface area contributed by atoms with Gasteiger partial charge in [-0.1, -0.05) is 13.8 Å². The van der Waals surface area contributed by atoms with E-state index < -0.39 is 16.0 Å². The van der Waals surface area contributed by atoms with Crippen molar-refractivity contribution in [1.82, 2.24) is 9.62 Å². The summed E-state index contributed by atoms with van der Waals surface area (Å²) in [5.41, 5.74) is 0. The Labute approximate surface area is 138 Å². The highest BCUT2D eigenvalue weighted by Crippen LogP contribution is 2.21. The number of esters is 1. The Morgan fingerprint density at radius 1 is 1.22 bits per heavy atom. The van der Waals surface area contributed by atoms with Gasteiger partial charge in [0.15, 0.2) is 6.61 Å². The van der Waals surface area contributed by atoms with Crippen molar-refractivity contribution >= 4 is 21.9 Å². The van der Waals surface area contributed by atoms with Gasteiger partial charge in [-0.3, -0.25) is 9.59 Å². The molecule has 1 N–H and O–H groups in total. The molecule has 7 nitrogen and oxygen atoms in total. The number of piperidine rings is 1. The molecular weight excluding hydrogens is 320 g/mol. The van der Waals surface area contributed by atoms with Crippen LogP contribution in [0.4, 0.5) is 0 Å². The van der Waals surface area contributed by atoms with Gasteiger partial charge >= 0.3 is 5.97 Å². The zero-order valence-corrected chi connectivity index (χ0v) is 15.2. The van der Waals surface area contributed by atoms with Gasteiger partial charge in [-0.2, -0.15) is 0 Å². The van der Waals surface area contributed by atoms with E-state index in [9.17, 15) is 18.0 Å². The first kappa shape index (κ1) is 19.9. The van der Waals surface area contributed by atoms with Gasteiger partial charge in [0.25, 0.3) is 5.91 Å². The van der Waals surface area contributed by atoms with Crippen LogP contribution in [0.15, 0.2) is 0 Å². The molecule has 1 rings (SSSR count). The molecule has 0 spiro atoms. The highest BCUT2D eigenvalue weighted by molar-refractivity contribution is 7.89. The number of carbonyl (C=O) groups excluding carboxylic acids is 2. The number of hydrogen-bond donors (Lipinski definition) is 1. The maximum atomic E-state index is 12.0. The van der Waals surface area contributed by atoms with Crippen LogP contribution < -0.4 is 5.32 Å². The van der Waals surface area contributed by atoms with Gasteiger partial charge in [0, 0.05) is 19.1 Å². The molecule has 1 heterocycles. The smallest absolute Gasteiger partial charge is 0.309 e. The second-order valence-electron chi connectivity index (χ2n) is 6.28. The summed E-state index contributed by atoms with van der Waals surface area (Å²) in [4.78, 5) is 23.7. The number of carbonyl (C=O) groups is 2. The lowest BCUT2D eigenvalue weighted by molar-refractivity contribution is -0.153. The molecule has 1 atom stereocenters. The maximum absolute atomic E-state index is 12.0. The minimum atomic E-state index is -3.20. The van der Waals surface area contributed by atoms with E-state index in [2.05, 4.69) is 5.32 Å². The van der Waals surface area contributed by atoms with Crippen LogP contribution in [0.1, 0.15) is 40.5 Å². The molecule has 1 unspecified atom stereocenters. The van der Waals surface area contributed by atoms with Crippen LogP contribution in [0.3, 0.4) is 0 Å². The van der Waals surface area contributed by atoms with E-state index in [0.29, 0.717) is 31.8 Å². The van der Waals surface area contributed by atoms with Gasteiger partial charge in [-0.15, -0.1) is 0 Å². The highest BCUT2D eigenvalue weighted by atomic mass is 32.2. The van der Waals surface area contributed by atoms with E-state index in [1.165, 1.54) is 4.31 Å². The van der Waals surface area contributed by atoms with Crippen molar-refractivity contribution in [2.75, 3.05) is 25.4 Å². The third-order valence-corrected chi connectivity index (χ3v) is 6.16. The summed E-state index contributed by atoms with van der Waals surface area (Å²) in [6.07, 6.45) is 0.865. The normalized spacial score (nSPS) is 18.7. The second-order valence-corrected chi connectivity index (χ2v) is 8.54. The van der Waals surface area contributed by atoms with Crippen LogP contribution in [-0.2, 0) is 24.3 Å². The third kappa shape index (κ3) is 6.10. The van der Waals surface area contributed by atoms with E-state index in [1.807, 2.05) is 20.8 Å². The zero-order valence-electron chi connectivity index (χ0n) is 14.4. The fraction of sp³-hybridized carbons (Fsp3) is 0.867. The SMILES string of the molecule is CCS(=O)(=O)N1CCC(C(=O)OCC(=O)NC(C)C(C)C)CC1. The van der Waals surface area contributed by atoms with Crippen molar-refractivity contribution in [3.05, 3.63) is 0 Å². The molecular formula is C15H28N2O5S. The zero-order chi connectivity index (χ0) is 17.6. The number of nitrogens with zero attached hydrogens (tertiary/aromatic N) is 1. The summed E-state index contributed by atoms with van der Waals surface area (Å²) in [6.45, 7) is 7.85. The first-order valence-electron chi connectivity index (χ1n) is 8.11. The van der Waals surface area contributed by atoms with Crippen LogP contribution in [0.5, 0.6) is 0 Å². The Bertz CT molecular complexity index is 510. The molecule has 0 aliphatic carbocycles. The number of hydrogen-bond acceptors (Lipinski definition) is 5.